The lowest BCUT2D eigenvalue weighted by molar-refractivity contribution is -0.927. The van der Waals surface area contributed by atoms with Gasteiger partial charge in [-0.2, -0.15) is 0 Å². The Morgan fingerprint density at radius 2 is 1.26 bits per heavy atom. The monoisotopic (exact) mass is 787 g/mol. The summed E-state index contributed by atoms with van der Waals surface area (Å²) < 4.78 is 14.4. The van der Waals surface area contributed by atoms with Gasteiger partial charge in [0, 0.05) is 17.8 Å². The minimum Gasteiger partial charge on any atom is -0.459 e. The van der Waals surface area contributed by atoms with Gasteiger partial charge in [-0.05, 0) is 77.8 Å². The molecule has 3 aliphatic rings. The molecule has 3 aliphatic carbocycles. The molecule has 0 saturated heterocycles. The highest BCUT2D eigenvalue weighted by Gasteiger charge is 2.39. The number of hydrogen-bond donors (Lipinski definition) is 0. The SMILES string of the molecule is CCCC[N+](CC)(CCC)CCOC(=O)C1=c2cccc(CCC[N+](CC)(CCCC)CCOC(=O)C3c4ccccc4-c4ccccc43)c2=CC2(C)C=CC=C[C@H]12. The van der Waals surface area contributed by atoms with E-state index in [1.165, 1.54) is 23.6 Å². The summed E-state index contributed by atoms with van der Waals surface area (Å²) in [6.07, 6.45) is 18.7. The second-order valence-electron chi connectivity index (χ2n) is 17.4. The van der Waals surface area contributed by atoms with E-state index in [9.17, 15) is 9.59 Å². The third-order valence-corrected chi connectivity index (χ3v) is 13.8. The molecular weight excluding hydrogens is 717 g/mol. The quantitative estimate of drug-likeness (QED) is 0.0755. The summed E-state index contributed by atoms with van der Waals surface area (Å²) in [4.78, 5) is 28.1. The zero-order chi connectivity index (χ0) is 41.2. The van der Waals surface area contributed by atoms with Crippen LogP contribution in [0.15, 0.2) is 91.0 Å². The second-order valence-corrected chi connectivity index (χ2v) is 17.4. The van der Waals surface area contributed by atoms with Crippen LogP contribution < -0.4 is 10.4 Å². The number of aryl methyl sites for hydroxylation is 1. The molecule has 310 valence electrons. The van der Waals surface area contributed by atoms with Crippen LogP contribution in [0.25, 0.3) is 22.8 Å². The van der Waals surface area contributed by atoms with Gasteiger partial charge < -0.3 is 18.4 Å². The standard InChI is InChI=1S/C52H70N2O4/c1-7-12-32-53(10-4,31-9-3)35-37-58-51(56)49-45-28-20-22-40(46(45)39-52(6)30-19-18-29-47(49)52)23-21-34-54(11-5,33-13-8-2)36-38-57-50(55)48-43-26-16-14-24-41(43)42-25-15-17-27-44(42)48/h14-20,22,24-30,39,47-48H,7-13,21,23,31-38H2,1-6H3/q+2/t47-,52?,53?,54?/m1/s1. The van der Waals surface area contributed by atoms with Gasteiger partial charge in [0.05, 0.1) is 44.8 Å². The first-order valence-corrected chi connectivity index (χ1v) is 22.6. The molecule has 6 nitrogen and oxygen atoms in total. The number of carbonyl (C=O) groups is 2. The topological polar surface area (TPSA) is 52.6 Å². The number of quaternary nitrogens is 2. The minimum atomic E-state index is -0.377. The highest BCUT2D eigenvalue weighted by atomic mass is 16.5. The molecule has 3 aromatic rings. The maximum atomic E-state index is 14.3. The number of benzene rings is 3. The number of hydrogen-bond acceptors (Lipinski definition) is 4. The molecule has 6 heteroatoms. The maximum Gasteiger partial charge on any atom is 0.335 e. The smallest absolute Gasteiger partial charge is 0.335 e. The van der Waals surface area contributed by atoms with Crippen LogP contribution in [0.1, 0.15) is 103 Å². The lowest BCUT2D eigenvalue weighted by Crippen LogP contribution is -2.52. The Labute approximate surface area is 349 Å². The van der Waals surface area contributed by atoms with Crippen molar-refractivity contribution >= 4 is 23.6 Å². The highest BCUT2D eigenvalue weighted by molar-refractivity contribution is 6.12. The number of unbranched alkanes of at least 4 members (excludes halogenated alkanes) is 2. The lowest BCUT2D eigenvalue weighted by atomic mass is 9.67. The van der Waals surface area contributed by atoms with E-state index < -0.39 is 0 Å². The van der Waals surface area contributed by atoms with E-state index in [0.29, 0.717) is 13.2 Å². The Morgan fingerprint density at radius 3 is 1.88 bits per heavy atom. The van der Waals surface area contributed by atoms with Crippen LogP contribution in [-0.2, 0) is 25.5 Å². The number of carbonyl (C=O) groups excluding carboxylic acids is 2. The molecule has 0 N–H and O–H groups in total. The normalized spacial score (nSPS) is 19.9. The predicted molar refractivity (Wildman–Crippen MR) is 238 cm³/mol. The van der Waals surface area contributed by atoms with E-state index >= 15 is 0 Å². The molecule has 0 aromatic heterocycles. The Bertz CT molecular complexity index is 2040. The van der Waals surface area contributed by atoms with Crippen molar-refractivity contribution in [3.8, 4) is 11.1 Å². The van der Waals surface area contributed by atoms with Crippen molar-refractivity contribution < 1.29 is 28.0 Å². The summed E-state index contributed by atoms with van der Waals surface area (Å²) in [5, 5.41) is 2.19. The number of likely N-dealkylation sites (N-methyl/N-ethyl adjacent to an activating group) is 2. The fourth-order valence-electron chi connectivity index (χ4n) is 10.2. The Balaban J connectivity index is 1.18. The molecule has 6 rings (SSSR count). The average molecular weight is 787 g/mol. The van der Waals surface area contributed by atoms with Crippen molar-refractivity contribution in [1.82, 2.24) is 0 Å². The van der Waals surface area contributed by atoms with Crippen molar-refractivity contribution in [2.75, 3.05) is 65.6 Å². The van der Waals surface area contributed by atoms with Crippen LogP contribution in [0.2, 0.25) is 0 Å². The van der Waals surface area contributed by atoms with Crippen LogP contribution in [0.5, 0.6) is 0 Å². The summed E-state index contributed by atoms with van der Waals surface area (Å²) >= 11 is 0. The van der Waals surface area contributed by atoms with Gasteiger partial charge in [0.15, 0.2) is 0 Å². The highest BCUT2D eigenvalue weighted by Crippen LogP contribution is 2.45. The molecule has 3 aromatic carbocycles. The van der Waals surface area contributed by atoms with Crippen LogP contribution in [0.4, 0.5) is 0 Å². The third kappa shape index (κ3) is 9.29. The number of allylic oxidation sites excluding steroid dienone is 4. The molecule has 0 saturated carbocycles. The molecular formula is C52H70N2O4+2. The molecule has 58 heavy (non-hydrogen) atoms. The first-order chi connectivity index (χ1) is 28.2. The van der Waals surface area contributed by atoms with Gasteiger partial charge in [-0.25, -0.2) is 4.79 Å². The average Bonchev–Trinajstić information content (AvgIpc) is 3.58. The molecule has 0 fully saturated rings. The summed E-state index contributed by atoms with van der Waals surface area (Å²) in [5.74, 6) is -0.776. The van der Waals surface area contributed by atoms with Crippen molar-refractivity contribution in [2.45, 2.75) is 92.4 Å². The van der Waals surface area contributed by atoms with E-state index in [4.69, 9.17) is 9.47 Å². The molecule has 0 aliphatic heterocycles. The van der Waals surface area contributed by atoms with Crippen molar-refractivity contribution in [3.63, 3.8) is 0 Å². The lowest BCUT2D eigenvalue weighted by Gasteiger charge is -2.38. The minimum absolute atomic E-state index is 0.0683. The predicted octanol–water partition coefficient (Wildman–Crippen LogP) is 8.90. The summed E-state index contributed by atoms with van der Waals surface area (Å²) in [6.45, 7) is 22.4. The Kier molecular flexibility index (Phi) is 14.7. The third-order valence-electron chi connectivity index (χ3n) is 13.8. The number of fused-ring (bicyclic) bond motifs is 5. The summed E-state index contributed by atoms with van der Waals surface area (Å²) in [7, 11) is 0. The van der Waals surface area contributed by atoms with Gasteiger partial charge in [-0.15, -0.1) is 0 Å². The molecule has 0 spiro atoms. The van der Waals surface area contributed by atoms with Crippen LogP contribution in [0.3, 0.4) is 0 Å². The van der Waals surface area contributed by atoms with Crippen molar-refractivity contribution in [1.29, 1.82) is 0 Å². The fraction of sp³-hybridized carbons (Fsp3) is 0.500. The van der Waals surface area contributed by atoms with Gasteiger partial charge in [0.1, 0.15) is 32.2 Å². The van der Waals surface area contributed by atoms with Crippen LogP contribution in [0, 0.1) is 11.3 Å². The number of nitrogens with zero attached hydrogens (tertiary/aromatic N) is 2. The summed E-state index contributed by atoms with van der Waals surface area (Å²) in [6, 6.07) is 23.0. The van der Waals surface area contributed by atoms with Gasteiger partial charge in [-0.3, -0.25) is 4.79 Å². The first-order valence-electron chi connectivity index (χ1n) is 22.6. The summed E-state index contributed by atoms with van der Waals surface area (Å²) in [5.41, 5.74) is 6.10. The Morgan fingerprint density at radius 1 is 0.655 bits per heavy atom. The molecule has 0 bridgehead atoms. The molecule has 4 atom stereocenters. The second kappa shape index (κ2) is 19.7. The zero-order valence-electron chi connectivity index (χ0n) is 36.4. The van der Waals surface area contributed by atoms with Crippen molar-refractivity contribution in [3.05, 3.63) is 118 Å². The molecule has 0 heterocycles. The van der Waals surface area contributed by atoms with E-state index in [0.717, 1.165) is 126 Å². The maximum absolute atomic E-state index is 14.3. The van der Waals surface area contributed by atoms with E-state index in [1.807, 2.05) is 24.3 Å². The largest absolute Gasteiger partial charge is 0.459 e. The van der Waals surface area contributed by atoms with E-state index in [2.05, 4.69) is 114 Å². The first kappa shape index (κ1) is 43.3. The van der Waals surface area contributed by atoms with Crippen LogP contribution in [-0.4, -0.2) is 86.5 Å². The number of rotatable bonds is 22. The fourth-order valence-corrected chi connectivity index (χ4v) is 10.2. The molecule has 3 unspecified atom stereocenters. The van der Waals surface area contributed by atoms with Gasteiger partial charge in [0.25, 0.3) is 0 Å². The van der Waals surface area contributed by atoms with Crippen molar-refractivity contribution in [2.24, 2.45) is 11.3 Å². The van der Waals surface area contributed by atoms with E-state index in [-0.39, 0.29) is 29.2 Å². The number of ether oxygens (including phenoxy) is 2. The molecule has 0 amide bonds. The zero-order valence-corrected chi connectivity index (χ0v) is 36.4. The van der Waals surface area contributed by atoms with Gasteiger partial charge in [-0.1, -0.05) is 138 Å². The Hall–Kier alpha value is -4.26. The van der Waals surface area contributed by atoms with E-state index in [1.54, 1.807) is 0 Å². The van der Waals surface area contributed by atoms with Crippen LogP contribution >= 0.6 is 0 Å². The number of esters is 2. The van der Waals surface area contributed by atoms with Gasteiger partial charge >= 0.3 is 11.9 Å². The molecule has 0 radical (unpaired) electrons. The van der Waals surface area contributed by atoms with Gasteiger partial charge in [0.2, 0.25) is 0 Å².